The summed E-state index contributed by atoms with van der Waals surface area (Å²) in [7, 11) is 0. The third kappa shape index (κ3) is 4.24. The topological polar surface area (TPSA) is 34.0 Å². The molecule has 0 radical (unpaired) electrons. The van der Waals surface area contributed by atoms with Crippen molar-refractivity contribution < 1.29 is 14.4 Å². The molecule has 1 aliphatic rings. The minimum atomic E-state index is 0.738. The summed E-state index contributed by atoms with van der Waals surface area (Å²) in [6, 6.07) is 8.31. The van der Waals surface area contributed by atoms with Crippen molar-refractivity contribution in [1.82, 2.24) is 4.90 Å². The predicted octanol–water partition coefficient (Wildman–Crippen LogP) is -0.0153. The van der Waals surface area contributed by atoms with Crippen LogP contribution in [0.3, 0.4) is 0 Å². The van der Waals surface area contributed by atoms with Crippen LogP contribution < -0.4 is 9.64 Å². The standard InChI is InChI=1S/C15H22N2O2/c1-2-14-3-5-15(6-4-14)19-12-11-16-7-9-17(13-18)10-8-16/h3-6,13H,2,7-12H2,1H3/p+1. The number of amides is 1. The fourth-order valence-corrected chi connectivity index (χ4v) is 2.33. The van der Waals surface area contributed by atoms with Gasteiger partial charge in [-0.1, -0.05) is 19.1 Å². The monoisotopic (exact) mass is 263 g/mol. The number of ether oxygens (including phenoxy) is 1. The molecule has 1 aromatic rings. The lowest BCUT2D eigenvalue weighted by molar-refractivity contribution is -0.903. The first-order valence-corrected chi connectivity index (χ1v) is 7.06. The van der Waals surface area contributed by atoms with E-state index in [4.69, 9.17) is 4.74 Å². The van der Waals surface area contributed by atoms with Gasteiger partial charge in [-0.3, -0.25) is 4.79 Å². The summed E-state index contributed by atoms with van der Waals surface area (Å²) in [5, 5.41) is 0. The van der Waals surface area contributed by atoms with E-state index in [-0.39, 0.29) is 0 Å². The number of piperazine rings is 1. The molecule has 0 saturated carbocycles. The summed E-state index contributed by atoms with van der Waals surface area (Å²) < 4.78 is 5.76. The molecule has 0 aliphatic carbocycles. The Kier molecular flexibility index (Phi) is 5.21. The third-order valence-corrected chi connectivity index (χ3v) is 3.71. The Hall–Kier alpha value is -1.55. The smallest absolute Gasteiger partial charge is 0.210 e. The summed E-state index contributed by atoms with van der Waals surface area (Å²) in [6.45, 7) is 7.67. The average molecular weight is 263 g/mol. The molecule has 4 heteroatoms. The molecule has 19 heavy (non-hydrogen) atoms. The first-order valence-electron chi connectivity index (χ1n) is 7.06. The van der Waals surface area contributed by atoms with Gasteiger partial charge in [-0.05, 0) is 24.1 Å². The highest BCUT2D eigenvalue weighted by Gasteiger charge is 2.17. The fraction of sp³-hybridized carbons (Fsp3) is 0.533. The lowest BCUT2D eigenvalue weighted by atomic mass is 10.2. The quantitative estimate of drug-likeness (QED) is 0.732. The van der Waals surface area contributed by atoms with Gasteiger partial charge in [-0.15, -0.1) is 0 Å². The van der Waals surface area contributed by atoms with Crippen LogP contribution in [0, 0.1) is 0 Å². The van der Waals surface area contributed by atoms with Crippen LogP contribution in [0.25, 0.3) is 0 Å². The molecule has 0 atom stereocenters. The molecule has 4 nitrogen and oxygen atoms in total. The molecular formula is C15H23N2O2+. The Morgan fingerprint density at radius 2 is 1.95 bits per heavy atom. The van der Waals surface area contributed by atoms with E-state index in [2.05, 4.69) is 19.1 Å². The van der Waals surface area contributed by atoms with Crippen molar-refractivity contribution in [1.29, 1.82) is 0 Å². The Morgan fingerprint density at radius 1 is 1.26 bits per heavy atom. The molecule has 1 heterocycles. The zero-order valence-electron chi connectivity index (χ0n) is 11.6. The van der Waals surface area contributed by atoms with Gasteiger partial charge in [-0.25, -0.2) is 0 Å². The van der Waals surface area contributed by atoms with Crippen LogP contribution in [-0.2, 0) is 11.2 Å². The molecule has 1 aromatic carbocycles. The minimum Gasteiger partial charge on any atom is -0.488 e. The lowest BCUT2D eigenvalue weighted by Gasteiger charge is -2.29. The second-order valence-electron chi connectivity index (χ2n) is 4.99. The highest BCUT2D eigenvalue weighted by molar-refractivity contribution is 5.46. The van der Waals surface area contributed by atoms with Crippen LogP contribution in [0.15, 0.2) is 24.3 Å². The van der Waals surface area contributed by atoms with E-state index in [1.54, 1.807) is 0 Å². The van der Waals surface area contributed by atoms with Crippen molar-refractivity contribution in [2.45, 2.75) is 13.3 Å². The van der Waals surface area contributed by atoms with Crippen LogP contribution in [0.2, 0.25) is 0 Å². The maximum absolute atomic E-state index is 10.6. The molecule has 1 aliphatic heterocycles. The maximum atomic E-state index is 10.6. The number of nitrogens with one attached hydrogen (secondary N) is 1. The molecule has 0 bridgehead atoms. The van der Waals surface area contributed by atoms with E-state index in [0.717, 1.165) is 57.9 Å². The van der Waals surface area contributed by atoms with E-state index in [9.17, 15) is 4.79 Å². The Labute approximate surface area is 115 Å². The maximum Gasteiger partial charge on any atom is 0.210 e. The number of carbonyl (C=O) groups excluding carboxylic acids is 1. The third-order valence-electron chi connectivity index (χ3n) is 3.71. The number of rotatable bonds is 6. The molecule has 104 valence electrons. The summed E-state index contributed by atoms with van der Waals surface area (Å²) in [5.74, 6) is 0.947. The molecule has 1 fully saturated rings. The minimum absolute atomic E-state index is 0.738. The second kappa shape index (κ2) is 7.14. The van der Waals surface area contributed by atoms with Gasteiger partial charge in [-0.2, -0.15) is 0 Å². The van der Waals surface area contributed by atoms with Crippen molar-refractivity contribution in [3.8, 4) is 5.75 Å². The molecular weight excluding hydrogens is 240 g/mol. The van der Waals surface area contributed by atoms with Gasteiger partial charge in [0.05, 0.1) is 26.2 Å². The van der Waals surface area contributed by atoms with Crippen molar-refractivity contribution in [3.05, 3.63) is 29.8 Å². The normalized spacial score (nSPS) is 16.4. The van der Waals surface area contributed by atoms with Crippen LogP contribution in [0.5, 0.6) is 5.75 Å². The molecule has 1 N–H and O–H groups in total. The number of benzene rings is 1. The van der Waals surface area contributed by atoms with Crippen LogP contribution >= 0.6 is 0 Å². The van der Waals surface area contributed by atoms with Gasteiger partial charge < -0.3 is 14.5 Å². The molecule has 1 amide bonds. The zero-order chi connectivity index (χ0) is 13.5. The molecule has 0 unspecified atom stereocenters. The summed E-state index contributed by atoms with van der Waals surface area (Å²) >= 11 is 0. The Bertz CT molecular complexity index is 384. The number of quaternary nitrogens is 1. The molecule has 0 aromatic heterocycles. The largest absolute Gasteiger partial charge is 0.488 e. The van der Waals surface area contributed by atoms with Crippen LogP contribution in [-0.4, -0.2) is 50.6 Å². The predicted molar refractivity (Wildman–Crippen MR) is 74.5 cm³/mol. The average Bonchev–Trinajstić information content (AvgIpc) is 2.49. The number of carbonyl (C=O) groups is 1. The first kappa shape index (κ1) is 13.9. The Morgan fingerprint density at radius 3 is 2.53 bits per heavy atom. The van der Waals surface area contributed by atoms with Gasteiger partial charge in [0.25, 0.3) is 0 Å². The van der Waals surface area contributed by atoms with Crippen molar-refractivity contribution in [3.63, 3.8) is 0 Å². The summed E-state index contributed by atoms with van der Waals surface area (Å²) in [5.41, 5.74) is 1.34. The second-order valence-corrected chi connectivity index (χ2v) is 4.99. The van der Waals surface area contributed by atoms with E-state index >= 15 is 0 Å². The first-order chi connectivity index (χ1) is 9.31. The number of hydrogen-bond donors (Lipinski definition) is 1. The SMILES string of the molecule is CCc1ccc(OCC[NH+]2CCN(C=O)CC2)cc1. The highest BCUT2D eigenvalue weighted by atomic mass is 16.5. The van der Waals surface area contributed by atoms with Gasteiger partial charge in [0.1, 0.15) is 18.9 Å². The van der Waals surface area contributed by atoms with Crippen LogP contribution in [0.1, 0.15) is 12.5 Å². The molecule has 0 spiro atoms. The Balaban J connectivity index is 1.67. The number of aryl methyl sites for hydroxylation is 1. The van der Waals surface area contributed by atoms with E-state index in [0.29, 0.717) is 0 Å². The number of hydrogen-bond acceptors (Lipinski definition) is 2. The molecule has 2 rings (SSSR count). The zero-order valence-corrected chi connectivity index (χ0v) is 11.6. The lowest BCUT2D eigenvalue weighted by Crippen LogP contribution is -3.15. The van der Waals surface area contributed by atoms with Gasteiger partial charge in [0.2, 0.25) is 6.41 Å². The summed E-state index contributed by atoms with van der Waals surface area (Å²) in [4.78, 5) is 14.0. The van der Waals surface area contributed by atoms with Gasteiger partial charge >= 0.3 is 0 Å². The van der Waals surface area contributed by atoms with Gasteiger partial charge in [0, 0.05) is 0 Å². The van der Waals surface area contributed by atoms with E-state index in [1.165, 1.54) is 10.5 Å². The van der Waals surface area contributed by atoms with Crippen molar-refractivity contribution >= 4 is 6.41 Å². The number of nitrogens with zero attached hydrogens (tertiary/aromatic N) is 1. The highest BCUT2D eigenvalue weighted by Crippen LogP contribution is 2.11. The fourth-order valence-electron chi connectivity index (χ4n) is 2.33. The summed E-state index contributed by atoms with van der Waals surface area (Å²) in [6.07, 6.45) is 2.01. The molecule has 1 saturated heterocycles. The van der Waals surface area contributed by atoms with E-state index < -0.39 is 0 Å². The van der Waals surface area contributed by atoms with Crippen LogP contribution in [0.4, 0.5) is 0 Å². The van der Waals surface area contributed by atoms with Crippen molar-refractivity contribution in [2.24, 2.45) is 0 Å². The van der Waals surface area contributed by atoms with Gasteiger partial charge in [0.15, 0.2) is 0 Å². The van der Waals surface area contributed by atoms with E-state index in [1.807, 2.05) is 17.0 Å². The van der Waals surface area contributed by atoms with Crippen molar-refractivity contribution in [2.75, 3.05) is 39.3 Å².